The van der Waals surface area contributed by atoms with Crippen LogP contribution in [0.25, 0.3) is 0 Å². The predicted molar refractivity (Wildman–Crippen MR) is 89.4 cm³/mol. The highest BCUT2D eigenvalue weighted by atomic mass is 28.4. The molecule has 0 atom stereocenters. The fraction of sp³-hybridized carbons (Fsp3) is 0.647. The van der Waals surface area contributed by atoms with Crippen molar-refractivity contribution in [2.45, 2.75) is 65.2 Å². The molecular formula is C17H29FO3Si. The minimum atomic E-state index is -2.62. The second-order valence-electron chi connectivity index (χ2n) is 6.06. The number of aryl methyl sites for hydroxylation is 1. The van der Waals surface area contributed by atoms with Crippen molar-refractivity contribution in [1.29, 1.82) is 0 Å². The van der Waals surface area contributed by atoms with Crippen LogP contribution >= 0.6 is 0 Å². The van der Waals surface area contributed by atoms with E-state index in [0.717, 1.165) is 30.9 Å². The Morgan fingerprint density at radius 2 is 1.68 bits per heavy atom. The van der Waals surface area contributed by atoms with Crippen LogP contribution in [0, 0.1) is 5.82 Å². The van der Waals surface area contributed by atoms with Crippen molar-refractivity contribution in [2.24, 2.45) is 0 Å². The van der Waals surface area contributed by atoms with Crippen LogP contribution in [0.3, 0.4) is 0 Å². The number of hydrogen-bond acceptors (Lipinski definition) is 3. The van der Waals surface area contributed by atoms with Gasteiger partial charge < -0.3 is 13.3 Å². The second kappa shape index (κ2) is 9.40. The highest BCUT2D eigenvalue weighted by molar-refractivity contribution is 6.60. The standard InChI is InChI=1S/C17H29FO3Si/c1-14(2)20-22(19-5,21-15(3)4)12-7-6-9-16-10-8-11-17(18)13-16/h8,10-11,13-15H,6-7,9,12H2,1-5H3. The Bertz CT molecular complexity index is 428. The highest BCUT2D eigenvalue weighted by Gasteiger charge is 2.41. The van der Waals surface area contributed by atoms with E-state index in [4.69, 9.17) is 13.3 Å². The fourth-order valence-electron chi connectivity index (χ4n) is 2.43. The van der Waals surface area contributed by atoms with Crippen molar-refractivity contribution in [3.05, 3.63) is 35.6 Å². The Kier molecular flexibility index (Phi) is 8.24. The molecule has 3 nitrogen and oxygen atoms in total. The molecule has 0 aliphatic rings. The smallest absolute Gasteiger partial charge is 0.377 e. The van der Waals surface area contributed by atoms with E-state index in [9.17, 15) is 4.39 Å². The van der Waals surface area contributed by atoms with Crippen LogP contribution in [0.15, 0.2) is 24.3 Å². The Labute approximate surface area is 135 Å². The van der Waals surface area contributed by atoms with E-state index in [2.05, 4.69) is 0 Å². The third kappa shape index (κ3) is 7.00. The largest absolute Gasteiger partial charge is 0.501 e. The molecule has 0 heterocycles. The first kappa shape index (κ1) is 19.3. The zero-order valence-corrected chi connectivity index (χ0v) is 15.4. The van der Waals surface area contributed by atoms with Crippen LogP contribution < -0.4 is 0 Å². The third-order valence-corrected chi connectivity index (χ3v) is 6.48. The summed E-state index contributed by atoms with van der Waals surface area (Å²) in [7, 11) is -0.949. The van der Waals surface area contributed by atoms with Gasteiger partial charge in [0.15, 0.2) is 0 Å². The molecule has 0 fully saturated rings. The highest BCUT2D eigenvalue weighted by Crippen LogP contribution is 2.22. The van der Waals surface area contributed by atoms with Gasteiger partial charge in [-0.2, -0.15) is 0 Å². The lowest BCUT2D eigenvalue weighted by molar-refractivity contribution is 0.0323. The van der Waals surface area contributed by atoms with Crippen LogP contribution in [-0.4, -0.2) is 28.1 Å². The molecule has 0 spiro atoms. The maximum absolute atomic E-state index is 13.2. The minimum Gasteiger partial charge on any atom is -0.377 e. The minimum absolute atomic E-state index is 0.0774. The van der Waals surface area contributed by atoms with E-state index in [1.54, 1.807) is 19.2 Å². The number of rotatable bonds is 10. The van der Waals surface area contributed by atoms with E-state index in [-0.39, 0.29) is 18.0 Å². The summed E-state index contributed by atoms with van der Waals surface area (Å²) < 4.78 is 30.8. The Hall–Kier alpha value is -0.753. The van der Waals surface area contributed by atoms with E-state index >= 15 is 0 Å². The maximum atomic E-state index is 13.2. The summed E-state index contributed by atoms with van der Waals surface area (Å²) in [6, 6.07) is 7.56. The van der Waals surface area contributed by atoms with Gasteiger partial charge in [0.2, 0.25) is 0 Å². The maximum Gasteiger partial charge on any atom is 0.501 e. The third-order valence-electron chi connectivity index (χ3n) is 3.23. The molecular weight excluding hydrogens is 299 g/mol. The molecule has 0 saturated carbocycles. The average Bonchev–Trinajstić information content (AvgIpc) is 2.42. The molecule has 0 amide bonds. The zero-order chi connectivity index (χ0) is 16.6. The summed E-state index contributed by atoms with van der Waals surface area (Å²) in [5.74, 6) is -0.176. The van der Waals surface area contributed by atoms with Crippen molar-refractivity contribution < 1.29 is 17.7 Å². The lowest BCUT2D eigenvalue weighted by Crippen LogP contribution is -2.48. The van der Waals surface area contributed by atoms with Gasteiger partial charge in [-0.15, -0.1) is 0 Å². The van der Waals surface area contributed by atoms with E-state index in [1.165, 1.54) is 6.07 Å². The van der Waals surface area contributed by atoms with Gasteiger partial charge in [-0.1, -0.05) is 12.1 Å². The Balaban J connectivity index is 2.52. The Morgan fingerprint density at radius 3 is 2.18 bits per heavy atom. The molecule has 0 bridgehead atoms. The van der Waals surface area contributed by atoms with Gasteiger partial charge in [0.25, 0.3) is 0 Å². The van der Waals surface area contributed by atoms with Crippen LogP contribution in [0.5, 0.6) is 0 Å². The first-order valence-corrected chi connectivity index (χ1v) is 9.95. The normalized spacial score (nSPS) is 12.4. The summed E-state index contributed by atoms with van der Waals surface area (Å²) in [5, 5.41) is 0. The summed E-state index contributed by atoms with van der Waals surface area (Å²) in [5.41, 5.74) is 1.03. The molecule has 0 saturated heterocycles. The van der Waals surface area contributed by atoms with Gasteiger partial charge in [-0.25, -0.2) is 4.39 Å². The summed E-state index contributed by atoms with van der Waals surface area (Å²) in [4.78, 5) is 0. The number of benzene rings is 1. The Morgan fingerprint density at radius 1 is 1.05 bits per heavy atom. The molecule has 0 unspecified atom stereocenters. The molecule has 0 aromatic heterocycles. The molecule has 0 aliphatic heterocycles. The quantitative estimate of drug-likeness (QED) is 0.465. The van der Waals surface area contributed by atoms with Crippen LogP contribution in [-0.2, 0) is 19.7 Å². The summed E-state index contributed by atoms with van der Waals surface area (Å²) in [6.07, 6.45) is 2.91. The van der Waals surface area contributed by atoms with Gasteiger partial charge >= 0.3 is 8.80 Å². The first-order valence-electron chi connectivity index (χ1n) is 8.02. The van der Waals surface area contributed by atoms with E-state index in [1.807, 2.05) is 33.8 Å². The van der Waals surface area contributed by atoms with Crippen molar-refractivity contribution in [2.75, 3.05) is 7.11 Å². The van der Waals surface area contributed by atoms with Gasteiger partial charge in [-0.3, -0.25) is 0 Å². The summed E-state index contributed by atoms with van der Waals surface area (Å²) >= 11 is 0. The van der Waals surface area contributed by atoms with Crippen LogP contribution in [0.1, 0.15) is 46.1 Å². The van der Waals surface area contributed by atoms with Gasteiger partial charge in [0.1, 0.15) is 5.82 Å². The van der Waals surface area contributed by atoms with Crippen molar-refractivity contribution >= 4 is 8.80 Å². The predicted octanol–water partition coefficient (Wildman–Crippen LogP) is 4.58. The molecule has 0 N–H and O–H groups in total. The number of unbranched alkanes of at least 4 members (excludes halogenated alkanes) is 1. The summed E-state index contributed by atoms with van der Waals surface area (Å²) in [6.45, 7) is 7.99. The molecule has 1 aromatic rings. The van der Waals surface area contributed by atoms with Crippen molar-refractivity contribution in [1.82, 2.24) is 0 Å². The molecule has 22 heavy (non-hydrogen) atoms. The van der Waals surface area contributed by atoms with Gasteiger partial charge in [0, 0.05) is 25.4 Å². The lowest BCUT2D eigenvalue weighted by Gasteiger charge is -2.31. The first-order chi connectivity index (χ1) is 10.4. The monoisotopic (exact) mass is 328 g/mol. The molecule has 1 aromatic carbocycles. The van der Waals surface area contributed by atoms with Gasteiger partial charge in [-0.05, 0) is 64.7 Å². The van der Waals surface area contributed by atoms with Gasteiger partial charge in [0.05, 0.1) is 0 Å². The molecule has 5 heteroatoms. The van der Waals surface area contributed by atoms with E-state index in [0.29, 0.717) is 0 Å². The van der Waals surface area contributed by atoms with Crippen molar-refractivity contribution in [3.8, 4) is 0 Å². The fourth-order valence-corrected chi connectivity index (χ4v) is 5.23. The average molecular weight is 329 g/mol. The molecule has 0 aliphatic carbocycles. The van der Waals surface area contributed by atoms with Crippen LogP contribution in [0.2, 0.25) is 6.04 Å². The van der Waals surface area contributed by atoms with Crippen molar-refractivity contribution in [3.63, 3.8) is 0 Å². The zero-order valence-electron chi connectivity index (χ0n) is 14.4. The number of hydrogen-bond donors (Lipinski definition) is 0. The topological polar surface area (TPSA) is 27.7 Å². The lowest BCUT2D eigenvalue weighted by atomic mass is 10.1. The van der Waals surface area contributed by atoms with E-state index < -0.39 is 8.80 Å². The van der Waals surface area contributed by atoms with Crippen LogP contribution in [0.4, 0.5) is 4.39 Å². The number of halogens is 1. The second-order valence-corrected chi connectivity index (χ2v) is 8.80. The SMILES string of the molecule is CO[Si](CCCCc1cccc(F)c1)(OC(C)C)OC(C)C. The molecule has 1 rings (SSSR count). The molecule has 126 valence electrons. The molecule has 0 radical (unpaired) electrons.